The number of alkyl halides is 3. The van der Waals surface area contributed by atoms with Crippen molar-refractivity contribution < 1.29 is 42.5 Å². The fourth-order valence-electron chi connectivity index (χ4n) is 4.00. The Kier molecular flexibility index (Phi) is 5.40. The topological polar surface area (TPSA) is 122 Å². The van der Waals surface area contributed by atoms with Gasteiger partial charge in [0.25, 0.3) is 5.91 Å². The summed E-state index contributed by atoms with van der Waals surface area (Å²) in [6, 6.07) is 5.68. The van der Waals surface area contributed by atoms with E-state index in [1.54, 1.807) is 0 Å². The number of anilines is 2. The average Bonchev–Trinajstić information content (AvgIpc) is 2.75. The molecule has 2 heterocycles. The molecule has 2 aromatic rings. The van der Waals surface area contributed by atoms with Crippen molar-refractivity contribution in [1.82, 2.24) is 5.32 Å². The van der Waals surface area contributed by atoms with Crippen LogP contribution >= 0.6 is 0 Å². The van der Waals surface area contributed by atoms with Gasteiger partial charge in [-0.05, 0) is 29.8 Å². The number of aliphatic hydroxyl groups excluding tert-OH is 2. The van der Waals surface area contributed by atoms with E-state index in [2.05, 4.69) is 5.32 Å². The minimum Gasteiger partial charge on any atom is -0.506 e. The van der Waals surface area contributed by atoms with Gasteiger partial charge in [0.2, 0.25) is 0 Å². The Balaban J connectivity index is 1.82. The highest BCUT2D eigenvalue weighted by atomic mass is 19.4. The SMILES string of the molecule is O=C(O)CNC(=O)C1=C(O)c2c(F)ccc3c2N(C1O)C(c1ccc(C(F)(F)F)cc1)CN3. The number of aliphatic hydroxyl groups is 2. The molecule has 0 bridgehead atoms. The lowest BCUT2D eigenvalue weighted by Gasteiger charge is -2.46. The minimum atomic E-state index is -4.55. The monoisotopic (exact) mass is 467 g/mol. The van der Waals surface area contributed by atoms with E-state index in [0.717, 1.165) is 18.2 Å². The first kappa shape index (κ1) is 22.4. The van der Waals surface area contributed by atoms with Gasteiger partial charge in [0.05, 0.1) is 28.5 Å². The summed E-state index contributed by atoms with van der Waals surface area (Å²) >= 11 is 0. The van der Waals surface area contributed by atoms with Crippen molar-refractivity contribution in [3.63, 3.8) is 0 Å². The van der Waals surface area contributed by atoms with Gasteiger partial charge in [-0.15, -0.1) is 0 Å². The van der Waals surface area contributed by atoms with E-state index in [0.29, 0.717) is 11.3 Å². The first-order valence-electron chi connectivity index (χ1n) is 9.64. The van der Waals surface area contributed by atoms with Crippen molar-refractivity contribution in [3.8, 4) is 0 Å². The fourth-order valence-corrected chi connectivity index (χ4v) is 4.00. The van der Waals surface area contributed by atoms with Crippen LogP contribution < -0.4 is 15.5 Å². The van der Waals surface area contributed by atoms with Gasteiger partial charge >= 0.3 is 12.1 Å². The van der Waals surface area contributed by atoms with Crippen molar-refractivity contribution in [2.45, 2.75) is 18.4 Å². The highest BCUT2D eigenvalue weighted by Gasteiger charge is 2.44. The maximum atomic E-state index is 14.7. The molecule has 2 aromatic carbocycles. The fraction of sp³-hybridized carbons (Fsp3) is 0.238. The van der Waals surface area contributed by atoms with Crippen LogP contribution in [0.15, 0.2) is 42.0 Å². The largest absolute Gasteiger partial charge is 0.506 e. The molecule has 2 aliphatic rings. The Morgan fingerprint density at radius 2 is 1.82 bits per heavy atom. The first-order valence-corrected chi connectivity index (χ1v) is 9.64. The van der Waals surface area contributed by atoms with Gasteiger partial charge in [0, 0.05) is 6.54 Å². The Bertz CT molecular complexity index is 1160. The molecule has 8 nitrogen and oxygen atoms in total. The van der Waals surface area contributed by atoms with Crippen LogP contribution in [0.2, 0.25) is 0 Å². The molecule has 0 radical (unpaired) electrons. The highest BCUT2D eigenvalue weighted by molar-refractivity contribution is 6.06. The van der Waals surface area contributed by atoms with Crippen molar-refractivity contribution in [2.24, 2.45) is 0 Å². The second kappa shape index (κ2) is 7.96. The molecule has 33 heavy (non-hydrogen) atoms. The van der Waals surface area contributed by atoms with E-state index >= 15 is 0 Å². The number of rotatable bonds is 4. The van der Waals surface area contributed by atoms with Crippen LogP contribution in [0.25, 0.3) is 5.76 Å². The lowest BCUT2D eigenvalue weighted by molar-refractivity contribution is -0.138. The number of benzene rings is 2. The number of amides is 1. The number of carboxylic acid groups (broad SMARTS) is 1. The van der Waals surface area contributed by atoms with Crippen LogP contribution in [0.3, 0.4) is 0 Å². The molecule has 0 spiro atoms. The number of aliphatic carboxylic acids is 1. The maximum absolute atomic E-state index is 14.7. The summed E-state index contributed by atoms with van der Waals surface area (Å²) in [5, 5.41) is 35.5. The molecule has 0 aromatic heterocycles. The molecular formula is C21H17F4N3O5. The van der Waals surface area contributed by atoms with Gasteiger partial charge in [-0.25, -0.2) is 4.39 Å². The van der Waals surface area contributed by atoms with Gasteiger partial charge in [-0.1, -0.05) is 12.1 Å². The second-order valence-electron chi connectivity index (χ2n) is 7.45. The van der Waals surface area contributed by atoms with E-state index in [-0.39, 0.29) is 12.2 Å². The summed E-state index contributed by atoms with van der Waals surface area (Å²) < 4.78 is 53.6. The third-order valence-corrected chi connectivity index (χ3v) is 5.49. The van der Waals surface area contributed by atoms with Crippen LogP contribution in [-0.4, -0.2) is 46.5 Å². The molecule has 0 saturated carbocycles. The Hall–Kier alpha value is -3.80. The summed E-state index contributed by atoms with van der Waals surface area (Å²) in [5.74, 6) is -4.30. The van der Waals surface area contributed by atoms with Gasteiger partial charge in [0.15, 0.2) is 6.23 Å². The Morgan fingerprint density at radius 1 is 1.15 bits per heavy atom. The number of nitrogens with one attached hydrogen (secondary N) is 2. The number of nitrogens with zero attached hydrogens (tertiary/aromatic N) is 1. The van der Waals surface area contributed by atoms with Crippen LogP contribution in [-0.2, 0) is 15.8 Å². The first-order chi connectivity index (χ1) is 15.5. The van der Waals surface area contributed by atoms with E-state index in [9.17, 15) is 37.4 Å². The molecule has 174 valence electrons. The lowest BCUT2D eigenvalue weighted by atomic mass is 9.90. The summed E-state index contributed by atoms with van der Waals surface area (Å²) in [7, 11) is 0. The van der Waals surface area contributed by atoms with Crippen molar-refractivity contribution >= 4 is 29.0 Å². The van der Waals surface area contributed by atoms with Crippen LogP contribution in [0.5, 0.6) is 0 Å². The predicted octanol–water partition coefficient (Wildman–Crippen LogP) is 2.62. The minimum absolute atomic E-state index is 0.0194. The van der Waals surface area contributed by atoms with Gasteiger partial charge in [-0.2, -0.15) is 13.2 Å². The number of carbonyl (C=O) groups excluding carboxylic acids is 1. The Labute approximate surface area is 183 Å². The maximum Gasteiger partial charge on any atom is 0.416 e. The van der Waals surface area contributed by atoms with E-state index in [4.69, 9.17) is 5.11 Å². The average molecular weight is 467 g/mol. The molecule has 5 N–H and O–H groups in total. The highest BCUT2D eigenvalue weighted by Crippen LogP contribution is 2.48. The molecule has 0 fully saturated rings. The molecule has 12 heteroatoms. The van der Waals surface area contributed by atoms with Crippen LogP contribution in [0, 0.1) is 5.82 Å². The van der Waals surface area contributed by atoms with Crippen molar-refractivity contribution in [3.05, 3.63) is 64.5 Å². The van der Waals surface area contributed by atoms with Crippen molar-refractivity contribution in [2.75, 3.05) is 23.3 Å². The summed E-state index contributed by atoms with van der Waals surface area (Å²) in [5.41, 5.74) is -1.30. The third-order valence-electron chi connectivity index (χ3n) is 5.49. The Morgan fingerprint density at radius 3 is 2.42 bits per heavy atom. The van der Waals surface area contributed by atoms with E-state index in [1.165, 1.54) is 23.1 Å². The van der Waals surface area contributed by atoms with Gasteiger partial charge < -0.3 is 30.9 Å². The van der Waals surface area contributed by atoms with E-state index < -0.39 is 65.1 Å². The van der Waals surface area contributed by atoms with Gasteiger partial charge in [-0.3, -0.25) is 9.59 Å². The molecule has 1 amide bonds. The summed E-state index contributed by atoms with van der Waals surface area (Å²) in [6.45, 7) is -0.743. The standard InChI is InChI=1S/C21H17F4N3O5/c22-11-5-6-12-17-15(11)18(31)16(19(32)27-8-14(29)30)20(33)28(17)13(7-26-12)9-1-3-10(4-2-9)21(23,24)25/h1-6,13,20,26,31,33H,7-8H2,(H,27,32)(H,29,30). The molecule has 0 saturated heterocycles. The van der Waals surface area contributed by atoms with Crippen molar-refractivity contribution in [1.29, 1.82) is 0 Å². The van der Waals surface area contributed by atoms with Crippen LogP contribution in [0.4, 0.5) is 28.9 Å². The third kappa shape index (κ3) is 3.82. The molecule has 4 rings (SSSR count). The predicted molar refractivity (Wildman–Crippen MR) is 108 cm³/mol. The molecular weight excluding hydrogens is 450 g/mol. The second-order valence-corrected chi connectivity index (χ2v) is 7.45. The molecule has 2 atom stereocenters. The zero-order valence-corrected chi connectivity index (χ0v) is 16.7. The molecule has 2 aliphatic heterocycles. The van der Waals surface area contributed by atoms with Crippen LogP contribution in [0.1, 0.15) is 22.7 Å². The number of hydrogen-bond acceptors (Lipinski definition) is 6. The normalized spacial score (nSPS) is 19.6. The van der Waals surface area contributed by atoms with E-state index in [1.807, 2.05) is 5.32 Å². The molecule has 0 aliphatic carbocycles. The smallest absolute Gasteiger partial charge is 0.416 e. The number of halogens is 4. The summed E-state index contributed by atoms with van der Waals surface area (Å²) in [4.78, 5) is 24.6. The molecule has 2 unspecified atom stereocenters. The summed E-state index contributed by atoms with van der Waals surface area (Å²) in [6.07, 6.45) is -6.40. The number of hydrogen-bond donors (Lipinski definition) is 5. The van der Waals surface area contributed by atoms with Gasteiger partial charge in [0.1, 0.15) is 23.7 Å². The zero-order chi connectivity index (χ0) is 24.1. The number of carbonyl (C=O) groups is 2. The number of carboxylic acids is 1. The zero-order valence-electron chi connectivity index (χ0n) is 16.7. The quantitative estimate of drug-likeness (QED) is 0.438. The lowest BCUT2D eigenvalue weighted by Crippen LogP contribution is -2.51.